The summed E-state index contributed by atoms with van der Waals surface area (Å²) in [5.41, 5.74) is 8.85. The summed E-state index contributed by atoms with van der Waals surface area (Å²) in [6, 6.07) is 8.61. The Bertz CT molecular complexity index is 698. The lowest BCUT2D eigenvalue weighted by atomic mass is 10.1. The Balaban J connectivity index is 2.58. The van der Waals surface area contributed by atoms with Crippen LogP contribution in [0, 0.1) is 0 Å². The van der Waals surface area contributed by atoms with E-state index in [1.54, 1.807) is 6.21 Å². The van der Waals surface area contributed by atoms with Gasteiger partial charge in [-0.3, -0.25) is 9.79 Å². The van der Waals surface area contributed by atoms with Gasteiger partial charge in [-0.2, -0.15) is 0 Å². The maximum atomic E-state index is 11.5. The molecule has 0 bridgehead atoms. The van der Waals surface area contributed by atoms with Gasteiger partial charge in [0.2, 0.25) is 5.91 Å². The van der Waals surface area contributed by atoms with Crippen molar-refractivity contribution < 1.29 is 4.79 Å². The van der Waals surface area contributed by atoms with Crippen LogP contribution in [0.3, 0.4) is 0 Å². The molecule has 0 aliphatic rings. The third-order valence-corrected chi connectivity index (χ3v) is 4.38. The van der Waals surface area contributed by atoms with Crippen molar-refractivity contribution in [3.8, 4) is 0 Å². The number of anilines is 1. The smallest absolute Gasteiger partial charge is 0.220 e. The van der Waals surface area contributed by atoms with Crippen LogP contribution < -0.4 is 16.0 Å². The van der Waals surface area contributed by atoms with Gasteiger partial charge >= 0.3 is 0 Å². The Morgan fingerprint density at radius 2 is 1.90 bits per heavy atom. The van der Waals surface area contributed by atoms with Crippen LogP contribution in [-0.2, 0) is 4.79 Å². The van der Waals surface area contributed by atoms with E-state index in [2.05, 4.69) is 65.5 Å². The molecule has 0 atom stereocenters. The van der Waals surface area contributed by atoms with E-state index in [9.17, 15) is 4.79 Å². The lowest BCUT2D eigenvalue weighted by molar-refractivity contribution is -0.121. The fourth-order valence-corrected chi connectivity index (χ4v) is 2.78. The minimum absolute atomic E-state index is 0.0331. The highest BCUT2D eigenvalue weighted by atomic mass is 16.1. The van der Waals surface area contributed by atoms with Crippen LogP contribution in [0.1, 0.15) is 39.2 Å². The lowest BCUT2D eigenvalue weighted by Crippen LogP contribution is -2.28. The van der Waals surface area contributed by atoms with E-state index in [1.807, 2.05) is 25.2 Å². The lowest BCUT2D eigenvalue weighted by Gasteiger charge is -2.20. The van der Waals surface area contributed by atoms with Gasteiger partial charge in [-0.15, -0.1) is 0 Å². The number of amides is 1. The van der Waals surface area contributed by atoms with Crippen LogP contribution in [-0.4, -0.2) is 44.8 Å². The summed E-state index contributed by atoms with van der Waals surface area (Å²) in [5, 5.41) is 2.76. The summed E-state index contributed by atoms with van der Waals surface area (Å²) >= 11 is 0. The summed E-state index contributed by atoms with van der Waals surface area (Å²) in [7, 11) is 0. The van der Waals surface area contributed by atoms with Crippen molar-refractivity contribution in [1.29, 1.82) is 0 Å². The van der Waals surface area contributed by atoms with Crippen LogP contribution >= 0.6 is 0 Å². The first-order valence-electron chi connectivity index (χ1n) is 10.5. The van der Waals surface area contributed by atoms with Crippen molar-refractivity contribution in [3.05, 3.63) is 59.7 Å². The number of allylic oxidation sites excluding steroid dienone is 5. The van der Waals surface area contributed by atoms with Crippen LogP contribution in [0.4, 0.5) is 5.69 Å². The summed E-state index contributed by atoms with van der Waals surface area (Å²) in [6.45, 7) is 9.99. The molecule has 0 unspecified atom stereocenters. The molecule has 1 rings (SSSR count). The zero-order valence-corrected chi connectivity index (χ0v) is 18.1. The highest BCUT2D eigenvalue weighted by molar-refractivity contribution is 5.76. The molecule has 0 saturated carbocycles. The van der Waals surface area contributed by atoms with Gasteiger partial charge in [0.15, 0.2) is 0 Å². The second-order valence-corrected chi connectivity index (χ2v) is 6.56. The molecule has 29 heavy (non-hydrogen) atoms. The number of carbonyl (C=O) groups excluding carboxylic acids is 1. The van der Waals surface area contributed by atoms with Gasteiger partial charge in [0, 0.05) is 51.0 Å². The van der Waals surface area contributed by atoms with E-state index in [0.29, 0.717) is 26.1 Å². The SMILES string of the molecule is C/C=C\C(C=Cc1ccc(N(CC)CC)cc1)=C/C=NCCCC(=O)NCCN. The normalized spacial score (nSPS) is 12.3. The van der Waals surface area contributed by atoms with Gasteiger partial charge in [0.1, 0.15) is 0 Å². The average Bonchev–Trinajstić information content (AvgIpc) is 2.74. The molecule has 1 aromatic carbocycles. The zero-order valence-electron chi connectivity index (χ0n) is 18.1. The molecule has 1 aromatic rings. The highest BCUT2D eigenvalue weighted by Gasteiger charge is 2.00. The van der Waals surface area contributed by atoms with Gasteiger partial charge in [-0.05, 0) is 56.5 Å². The number of carbonyl (C=O) groups is 1. The van der Waals surface area contributed by atoms with Crippen molar-refractivity contribution in [2.75, 3.05) is 37.6 Å². The maximum Gasteiger partial charge on any atom is 0.220 e. The van der Waals surface area contributed by atoms with Crippen LogP contribution in [0.25, 0.3) is 6.08 Å². The number of hydrogen-bond acceptors (Lipinski definition) is 4. The molecule has 0 spiro atoms. The Kier molecular flexibility index (Phi) is 12.8. The van der Waals surface area contributed by atoms with Gasteiger partial charge in [0.25, 0.3) is 0 Å². The fourth-order valence-electron chi connectivity index (χ4n) is 2.78. The standard InChI is InChI=1S/C24H36N4O/c1-4-8-21(16-19-26-18-7-9-24(29)27-20-17-25)10-11-22-12-14-23(15-13-22)28(5-2)6-3/h4,8,10-16,19H,5-7,9,17-18,20,25H2,1-3H3,(H,27,29)/b8-4-,11-10?,21-16+,26-19?. The summed E-state index contributed by atoms with van der Waals surface area (Å²) < 4.78 is 0. The molecule has 0 aliphatic heterocycles. The first-order chi connectivity index (χ1) is 14.1. The van der Waals surface area contributed by atoms with E-state index in [-0.39, 0.29) is 5.91 Å². The molecule has 158 valence electrons. The van der Waals surface area contributed by atoms with Gasteiger partial charge in [-0.1, -0.05) is 36.4 Å². The van der Waals surface area contributed by atoms with Gasteiger partial charge < -0.3 is 16.0 Å². The first-order valence-corrected chi connectivity index (χ1v) is 10.5. The minimum atomic E-state index is 0.0331. The van der Waals surface area contributed by atoms with Crippen molar-refractivity contribution in [1.82, 2.24) is 5.32 Å². The largest absolute Gasteiger partial charge is 0.372 e. The van der Waals surface area contributed by atoms with E-state index < -0.39 is 0 Å². The predicted octanol–water partition coefficient (Wildman–Crippen LogP) is 3.97. The monoisotopic (exact) mass is 396 g/mol. The molecule has 3 N–H and O–H groups in total. The molecule has 0 heterocycles. The number of aliphatic imine (C=N–C) groups is 1. The quantitative estimate of drug-likeness (QED) is 0.301. The molecular weight excluding hydrogens is 360 g/mol. The average molecular weight is 397 g/mol. The number of benzene rings is 1. The number of nitrogens with one attached hydrogen (secondary N) is 1. The van der Waals surface area contributed by atoms with E-state index in [1.165, 1.54) is 5.69 Å². The van der Waals surface area contributed by atoms with Crippen LogP contribution in [0.15, 0.2) is 59.1 Å². The Hall–Kier alpha value is -2.66. The van der Waals surface area contributed by atoms with Gasteiger partial charge in [0.05, 0.1) is 0 Å². The molecular formula is C24H36N4O. The number of hydrogen-bond donors (Lipinski definition) is 2. The first kappa shape index (κ1) is 24.4. The Labute approximate surface area is 176 Å². The molecule has 0 aromatic heterocycles. The predicted molar refractivity (Wildman–Crippen MR) is 127 cm³/mol. The van der Waals surface area contributed by atoms with Crippen molar-refractivity contribution >= 4 is 23.9 Å². The van der Waals surface area contributed by atoms with Crippen molar-refractivity contribution in [2.24, 2.45) is 10.7 Å². The second kappa shape index (κ2) is 15.3. The van der Waals surface area contributed by atoms with E-state index >= 15 is 0 Å². The number of nitrogens with two attached hydrogens (primary N) is 1. The van der Waals surface area contributed by atoms with Crippen molar-refractivity contribution in [2.45, 2.75) is 33.6 Å². The molecule has 5 heteroatoms. The topological polar surface area (TPSA) is 70.7 Å². The summed E-state index contributed by atoms with van der Waals surface area (Å²) in [4.78, 5) is 18.2. The van der Waals surface area contributed by atoms with Gasteiger partial charge in [-0.25, -0.2) is 0 Å². The third kappa shape index (κ3) is 10.5. The highest BCUT2D eigenvalue weighted by Crippen LogP contribution is 2.16. The minimum Gasteiger partial charge on any atom is -0.372 e. The molecule has 1 amide bonds. The van der Waals surface area contributed by atoms with Crippen LogP contribution in [0.5, 0.6) is 0 Å². The summed E-state index contributed by atoms with van der Waals surface area (Å²) in [6.07, 6.45) is 13.2. The molecule has 0 aliphatic carbocycles. The van der Waals surface area contributed by atoms with E-state index in [0.717, 1.165) is 30.6 Å². The Morgan fingerprint density at radius 1 is 1.17 bits per heavy atom. The number of nitrogens with zero attached hydrogens (tertiary/aromatic N) is 2. The van der Waals surface area contributed by atoms with Crippen molar-refractivity contribution in [3.63, 3.8) is 0 Å². The number of rotatable bonds is 13. The molecule has 0 fully saturated rings. The molecule has 0 radical (unpaired) electrons. The molecule has 5 nitrogen and oxygen atoms in total. The fraction of sp³-hybridized carbons (Fsp3) is 0.417. The van der Waals surface area contributed by atoms with E-state index in [4.69, 9.17) is 5.73 Å². The van der Waals surface area contributed by atoms with Crippen LogP contribution in [0.2, 0.25) is 0 Å². The third-order valence-electron chi connectivity index (χ3n) is 4.38. The zero-order chi connectivity index (χ0) is 21.3. The Morgan fingerprint density at radius 3 is 2.52 bits per heavy atom. The maximum absolute atomic E-state index is 11.5. The summed E-state index contributed by atoms with van der Waals surface area (Å²) in [5.74, 6) is 0.0331. The molecule has 0 saturated heterocycles. The second-order valence-electron chi connectivity index (χ2n) is 6.56.